The number of aliphatic imine (C=N–C) groups is 1. The highest BCUT2D eigenvalue weighted by atomic mass is 16.4. The Hall–Kier alpha value is -4.73. The van der Waals surface area contributed by atoms with E-state index in [1.165, 1.54) is 0 Å². The molecule has 2 atom stereocenters. The zero-order valence-electron chi connectivity index (χ0n) is 25.2. The average molecular weight is 587 g/mol. The molecule has 4 heterocycles. The Kier molecular flexibility index (Phi) is 9.18. The van der Waals surface area contributed by atoms with Gasteiger partial charge in [0.2, 0.25) is 0 Å². The number of carboxylic acid groups (broad SMARTS) is 2. The number of nitrogens with one attached hydrogen (secondary N) is 3. The Morgan fingerprint density at radius 2 is 1.60 bits per heavy atom. The number of hydrogen-bond donors (Lipinski definition) is 5. The molecule has 2 unspecified atom stereocenters. The van der Waals surface area contributed by atoms with E-state index in [1.807, 2.05) is 52.8 Å². The van der Waals surface area contributed by atoms with Gasteiger partial charge in [-0.15, -0.1) is 0 Å². The monoisotopic (exact) mass is 586 g/mol. The number of carbonyl (C=O) groups excluding carboxylic acids is 2. The van der Waals surface area contributed by atoms with E-state index in [-0.39, 0.29) is 49.5 Å². The highest BCUT2D eigenvalue weighted by Gasteiger charge is 2.29. The highest BCUT2D eigenvalue weighted by Crippen LogP contribution is 2.27. The second kappa shape index (κ2) is 12.6. The van der Waals surface area contributed by atoms with Gasteiger partial charge in [0.1, 0.15) is 0 Å². The first-order chi connectivity index (χ1) is 20.4. The first kappa shape index (κ1) is 31.2. The second-order valence-electron chi connectivity index (χ2n) is 11.1. The van der Waals surface area contributed by atoms with Gasteiger partial charge in [0.05, 0.1) is 17.7 Å². The van der Waals surface area contributed by atoms with Crippen molar-refractivity contribution in [2.24, 2.45) is 10.9 Å². The number of nitrogens with zero attached hydrogens (tertiary/aromatic N) is 1. The van der Waals surface area contributed by atoms with Gasteiger partial charge < -0.3 is 25.5 Å². The van der Waals surface area contributed by atoms with Crippen molar-refractivity contribution in [2.75, 3.05) is 0 Å². The van der Waals surface area contributed by atoms with Gasteiger partial charge in [-0.25, -0.2) is 4.99 Å². The number of carbonyl (C=O) groups is 4. The van der Waals surface area contributed by atoms with Crippen LogP contribution in [0.5, 0.6) is 0 Å². The molecule has 0 saturated carbocycles. The quantitative estimate of drug-likeness (QED) is 0.272. The third-order valence-corrected chi connectivity index (χ3v) is 8.50. The van der Waals surface area contributed by atoms with Crippen LogP contribution in [0.25, 0.3) is 12.2 Å². The van der Waals surface area contributed by atoms with E-state index in [0.717, 1.165) is 39.1 Å². The largest absolute Gasteiger partial charge is 0.481 e. The fourth-order valence-corrected chi connectivity index (χ4v) is 5.90. The molecular formula is C33H38N4O6. The van der Waals surface area contributed by atoms with Crippen molar-refractivity contribution in [2.45, 2.75) is 72.8 Å². The van der Waals surface area contributed by atoms with Crippen molar-refractivity contribution in [3.63, 3.8) is 0 Å². The average Bonchev–Trinajstić information content (AvgIpc) is 3.59. The third kappa shape index (κ3) is 6.38. The molecule has 0 bridgehead atoms. The molecule has 0 aromatic carbocycles. The van der Waals surface area contributed by atoms with E-state index in [4.69, 9.17) is 0 Å². The molecule has 43 heavy (non-hydrogen) atoms. The summed E-state index contributed by atoms with van der Waals surface area (Å²) in [7, 11) is 0. The number of H-pyrrole nitrogens is 2. The maximum atomic E-state index is 12.4. The summed E-state index contributed by atoms with van der Waals surface area (Å²) >= 11 is 0. The molecular weight excluding hydrogens is 548 g/mol. The highest BCUT2D eigenvalue weighted by molar-refractivity contribution is 6.29. The van der Waals surface area contributed by atoms with Crippen molar-refractivity contribution >= 4 is 41.6 Å². The molecule has 10 heteroatoms. The number of aromatic nitrogens is 2. The lowest BCUT2D eigenvalue weighted by Gasteiger charge is -2.12. The molecule has 0 radical (unpaired) electrons. The van der Waals surface area contributed by atoms with E-state index >= 15 is 0 Å². The SMILES string of the molecule is C=CC1=C(C)C(Cc2[nH]c(C=c3[nH]c(=CC4=NC(=O)C(C)/C4=C\C)c(C)c3CCC(=O)O)c(CCC(=O)O)c2C)NC1=O. The van der Waals surface area contributed by atoms with Gasteiger partial charge in [-0.05, 0) is 93.0 Å². The van der Waals surface area contributed by atoms with Crippen LogP contribution in [0, 0.1) is 19.8 Å². The molecule has 0 fully saturated rings. The van der Waals surface area contributed by atoms with Crippen LogP contribution in [0.2, 0.25) is 0 Å². The summed E-state index contributed by atoms with van der Waals surface area (Å²) in [4.78, 5) is 58.8. The van der Waals surface area contributed by atoms with E-state index in [0.29, 0.717) is 34.1 Å². The standard InChI is InChI=1S/C33H38N4O6/c1-7-20-19(6)32(42)37-27(20)14-25-18(5)23(10-12-31(40)41)29(35-25)15-28-22(9-11-30(38)39)17(4)24(34-28)13-26-16(3)21(8-2)33(43)36-26/h7-8,14-15,19,26,34-35H,2,9-13H2,1,3-6H3,(H,36,43)(H,38,39)(H,40,41)/b20-7+,25-14?,29-15?. The molecule has 2 aliphatic heterocycles. The summed E-state index contributed by atoms with van der Waals surface area (Å²) in [5.41, 5.74) is 7.85. The van der Waals surface area contributed by atoms with Crippen LogP contribution >= 0.6 is 0 Å². The summed E-state index contributed by atoms with van der Waals surface area (Å²) in [5, 5.41) is 23.3. The number of aliphatic carboxylic acids is 2. The van der Waals surface area contributed by atoms with E-state index < -0.39 is 11.9 Å². The van der Waals surface area contributed by atoms with Gasteiger partial charge in [0, 0.05) is 46.9 Å². The van der Waals surface area contributed by atoms with Crippen molar-refractivity contribution in [1.82, 2.24) is 15.3 Å². The zero-order chi connectivity index (χ0) is 31.6. The molecule has 4 rings (SSSR count). The number of rotatable bonds is 11. The molecule has 0 aliphatic carbocycles. The van der Waals surface area contributed by atoms with Crippen LogP contribution < -0.4 is 16.0 Å². The molecule has 2 amide bonds. The zero-order valence-corrected chi connectivity index (χ0v) is 25.2. The van der Waals surface area contributed by atoms with Crippen LogP contribution in [0.4, 0.5) is 0 Å². The van der Waals surface area contributed by atoms with Crippen molar-refractivity contribution < 1.29 is 29.4 Å². The molecule has 0 saturated heterocycles. The minimum Gasteiger partial charge on any atom is -0.481 e. The summed E-state index contributed by atoms with van der Waals surface area (Å²) in [5.74, 6) is -2.54. The summed E-state index contributed by atoms with van der Waals surface area (Å²) < 4.78 is 0. The third-order valence-electron chi connectivity index (χ3n) is 8.50. The fourth-order valence-electron chi connectivity index (χ4n) is 5.90. The van der Waals surface area contributed by atoms with Crippen LogP contribution in [0.3, 0.4) is 0 Å². The Morgan fingerprint density at radius 3 is 2.19 bits per heavy atom. The minimum absolute atomic E-state index is 0.0640. The van der Waals surface area contributed by atoms with Gasteiger partial charge in [-0.3, -0.25) is 19.2 Å². The number of allylic oxidation sites excluding steroid dienone is 1. The van der Waals surface area contributed by atoms with Gasteiger partial charge in [0.25, 0.3) is 11.8 Å². The molecule has 2 aromatic heterocycles. The lowest BCUT2D eigenvalue weighted by Crippen LogP contribution is -2.30. The lowest BCUT2D eigenvalue weighted by molar-refractivity contribution is -0.138. The van der Waals surface area contributed by atoms with Gasteiger partial charge in [0.15, 0.2) is 0 Å². The molecule has 226 valence electrons. The first-order valence-electron chi connectivity index (χ1n) is 14.3. The summed E-state index contributed by atoms with van der Waals surface area (Å²) in [6.07, 6.45) is 8.05. The van der Waals surface area contributed by atoms with Crippen molar-refractivity contribution in [3.05, 3.63) is 79.8 Å². The lowest BCUT2D eigenvalue weighted by atomic mass is 9.98. The topological polar surface area (TPSA) is 165 Å². The van der Waals surface area contributed by atoms with Crippen molar-refractivity contribution in [3.8, 4) is 0 Å². The van der Waals surface area contributed by atoms with Crippen molar-refractivity contribution in [1.29, 1.82) is 0 Å². The molecule has 2 aliphatic rings. The van der Waals surface area contributed by atoms with E-state index in [9.17, 15) is 29.4 Å². The second-order valence-corrected chi connectivity index (χ2v) is 11.1. The smallest absolute Gasteiger partial charge is 0.303 e. The molecule has 5 N–H and O–H groups in total. The minimum atomic E-state index is -0.922. The van der Waals surface area contributed by atoms with E-state index in [1.54, 1.807) is 6.08 Å². The number of aromatic amines is 2. The van der Waals surface area contributed by atoms with Crippen LogP contribution in [-0.2, 0) is 38.4 Å². The Morgan fingerprint density at radius 1 is 0.953 bits per heavy atom. The molecule has 2 aromatic rings. The van der Waals surface area contributed by atoms with Gasteiger partial charge >= 0.3 is 11.9 Å². The van der Waals surface area contributed by atoms with E-state index in [2.05, 4.69) is 26.9 Å². The molecule has 0 spiro atoms. The van der Waals surface area contributed by atoms with Crippen LogP contribution in [0.1, 0.15) is 67.3 Å². The van der Waals surface area contributed by atoms with Gasteiger partial charge in [-0.1, -0.05) is 18.7 Å². The van der Waals surface area contributed by atoms with Crippen LogP contribution in [-0.4, -0.2) is 55.7 Å². The maximum absolute atomic E-state index is 12.4. The number of carboxylic acids is 2. The summed E-state index contributed by atoms with van der Waals surface area (Å²) in [6.45, 7) is 13.2. The Labute approximate surface area is 249 Å². The molecule has 10 nitrogen and oxygen atoms in total. The van der Waals surface area contributed by atoms with Gasteiger partial charge in [-0.2, -0.15) is 0 Å². The Balaban J connectivity index is 1.86. The maximum Gasteiger partial charge on any atom is 0.303 e. The predicted molar refractivity (Wildman–Crippen MR) is 164 cm³/mol. The Bertz CT molecular complexity index is 1750. The van der Waals surface area contributed by atoms with Crippen LogP contribution in [0.15, 0.2) is 40.4 Å². The number of amides is 2. The predicted octanol–water partition coefficient (Wildman–Crippen LogP) is 2.71. The summed E-state index contributed by atoms with van der Waals surface area (Å²) in [6, 6.07) is -0.226. The fraction of sp³-hybridized carbons (Fsp3) is 0.364. The first-order valence-corrected chi connectivity index (χ1v) is 14.3. The number of hydrogen-bond acceptors (Lipinski definition) is 4. The normalized spacial score (nSPS) is 20.4.